The molecule has 3 aliphatic rings. The Balaban J connectivity index is 1.27. The Hall–Kier alpha value is -4.20. The zero-order chi connectivity index (χ0) is 27.8. The highest BCUT2D eigenvalue weighted by Crippen LogP contribution is 2.68. The number of hydrogen-bond acceptors (Lipinski definition) is 8. The number of benzene rings is 1. The molecule has 0 amide bonds. The van der Waals surface area contributed by atoms with Crippen LogP contribution in [-0.2, 0) is 4.79 Å². The minimum Gasteiger partial charge on any atom is -0.389 e. The topological polar surface area (TPSA) is 126 Å². The molecule has 40 heavy (non-hydrogen) atoms. The van der Waals surface area contributed by atoms with E-state index in [1.165, 1.54) is 13.0 Å². The summed E-state index contributed by atoms with van der Waals surface area (Å²) in [4.78, 5) is 30.6. The van der Waals surface area contributed by atoms with E-state index >= 15 is 0 Å². The first-order valence-corrected chi connectivity index (χ1v) is 13.4. The zero-order valence-corrected chi connectivity index (χ0v) is 21.9. The number of halogens is 1. The average Bonchev–Trinajstić information content (AvgIpc) is 3.83. The Morgan fingerprint density at radius 2 is 2.02 bits per heavy atom. The molecule has 0 saturated heterocycles. The molecule has 3 fully saturated rings. The fraction of sp³-hybridized carbons (Fsp3) is 0.367. The van der Waals surface area contributed by atoms with Crippen LogP contribution in [0.2, 0.25) is 0 Å². The van der Waals surface area contributed by atoms with E-state index in [2.05, 4.69) is 32.1 Å². The van der Waals surface area contributed by atoms with Crippen molar-refractivity contribution in [3.63, 3.8) is 0 Å². The number of aliphatic hydroxyl groups is 2. The number of anilines is 1. The number of Topliss-reactive ketones (excluding diaryl/α,β-unsaturated/α-hetero) is 1. The van der Waals surface area contributed by atoms with E-state index in [0.717, 1.165) is 12.0 Å². The molecular formula is C30H27FN6O3. The van der Waals surface area contributed by atoms with Crippen molar-refractivity contribution in [3.8, 4) is 11.8 Å². The van der Waals surface area contributed by atoms with Gasteiger partial charge in [-0.05, 0) is 73.8 Å². The van der Waals surface area contributed by atoms with Crippen molar-refractivity contribution in [1.29, 1.82) is 0 Å². The van der Waals surface area contributed by atoms with Gasteiger partial charge < -0.3 is 20.1 Å². The van der Waals surface area contributed by atoms with Crippen molar-refractivity contribution in [2.75, 3.05) is 5.32 Å². The van der Waals surface area contributed by atoms with Gasteiger partial charge in [-0.15, -0.1) is 0 Å². The van der Waals surface area contributed by atoms with E-state index in [0.29, 0.717) is 34.7 Å². The SMILES string of the molecule is CC(=O)[C@]12CC1[C@@H](n1cnc3c(NC4CC4c4ccc(F)c(C)c4)nc(C#Cc4ccccn4)nc31)[C@H](O)C2O. The molecule has 9 nitrogen and oxygen atoms in total. The first kappa shape index (κ1) is 24.8. The maximum Gasteiger partial charge on any atom is 0.209 e. The molecule has 10 heteroatoms. The summed E-state index contributed by atoms with van der Waals surface area (Å²) in [5.74, 6) is 6.38. The van der Waals surface area contributed by atoms with Crippen LogP contribution < -0.4 is 5.32 Å². The molecule has 0 spiro atoms. The number of fused-ring (bicyclic) bond motifs is 2. The third-order valence-electron chi connectivity index (χ3n) is 8.76. The van der Waals surface area contributed by atoms with Gasteiger partial charge >= 0.3 is 0 Å². The molecule has 3 saturated carbocycles. The van der Waals surface area contributed by atoms with Crippen LogP contribution in [0.15, 0.2) is 48.9 Å². The lowest BCUT2D eigenvalue weighted by atomic mass is 9.95. The van der Waals surface area contributed by atoms with Crippen LogP contribution in [0.5, 0.6) is 0 Å². The number of pyridine rings is 1. The van der Waals surface area contributed by atoms with E-state index in [-0.39, 0.29) is 35.3 Å². The van der Waals surface area contributed by atoms with Gasteiger partial charge in [0.25, 0.3) is 0 Å². The highest BCUT2D eigenvalue weighted by atomic mass is 19.1. The summed E-state index contributed by atoms with van der Waals surface area (Å²) in [6.45, 7) is 3.22. The summed E-state index contributed by atoms with van der Waals surface area (Å²) < 4.78 is 15.6. The molecule has 4 unspecified atom stereocenters. The van der Waals surface area contributed by atoms with E-state index in [1.807, 2.05) is 24.3 Å². The predicted octanol–water partition coefficient (Wildman–Crippen LogP) is 2.91. The second-order valence-electron chi connectivity index (χ2n) is 11.1. The van der Waals surface area contributed by atoms with Gasteiger partial charge in [0.15, 0.2) is 17.0 Å². The van der Waals surface area contributed by atoms with Crippen LogP contribution >= 0.6 is 0 Å². The summed E-state index contributed by atoms with van der Waals surface area (Å²) >= 11 is 0. The smallest absolute Gasteiger partial charge is 0.209 e. The molecule has 3 aliphatic carbocycles. The van der Waals surface area contributed by atoms with Crippen molar-refractivity contribution >= 4 is 22.8 Å². The molecule has 4 aromatic rings. The van der Waals surface area contributed by atoms with E-state index < -0.39 is 23.7 Å². The highest BCUT2D eigenvalue weighted by molar-refractivity contribution is 5.88. The van der Waals surface area contributed by atoms with Crippen molar-refractivity contribution in [2.45, 2.75) is 56.9 Å². The van der Waals surface area contributed by atoms with Crippen molar-refractivity contribution in [2.24, 2.45) is 11.3 Å². The molecule has 3 N–H and O–H groups in total. The summed E-state index contributed by atoms with van der Waals surface area (Å²) in [5, 5.41) is 25.2. The third-order valence-corrected chi connectivity index (χ3v) is 8.76. The number of aliphatic hydroxyl groups excluding tert-OH is 2. The predicted molar refractivity (Wildman–Crippen MR) is 144 cm³/mol. The number of imidazole rings is 1. The lowest BCUT2D eigenvalue weighted by Gasteiger charge is -2.23. The number of ketones is 1. The van der Waals surface area contributed by atoms with Gasteiger partial charge in [0.05, 0.1) is 23.9 Å². The molecule has 0 radical (unpaired) electrons. The van der Waals surface area contributed by atoms with Crippen LogP contribution in [0, 0.1) is 35.9 Å². The lowest BCUT2D eigenvalue weighted by molar-refractivity contribution is -0.128. The summed E-state index contributed by atoms with van der Waals surface area (Å²) in [6.07, 6.45) is 2.32. The van der Waals surface area contributed by atoms with E-state index in [4.69, 9.17) is 4.98 Å². The van der Waals surface area contributed by atoms with Gasteiger partial charge in [-0.2, -0.15) is 0 Å². The quantitative estimate of drug-likeness (QED) is 0.331. The van der Waals surface area contributed by atoms with Gasteiger partial charge in [0.1, 0.15) is 23.4 Å². The molecule has 0 bridgehead atoms. The maximum absolute atomic E-state index is 13.8. The normalized spacial score (nSPS) is 29.9. The number of nitrogens with zero attached hydrogens (tertiary/aromatic N) is 5. The second-order valence-corrected chi connectivity index (χ2v) is 11.1. The molecule has 7 atom stereocenters. The number of nitrogens with one attached hydrogen (secondary N) is 1. The number of hydrogen-bond donors (Lipinski definition) is 3. The Kier molecular flexibility index (Phi) is 5.53. The minimum absolute atomic E-state index is 0.0670. The summed E-state index contributed by atoms with van der Waals surface area (Å²) in [6, 6.07) is 10.1. The van der Waals surface area contributed by atoms with Gasteiger partial charge in [-0.1, -0.05) is 18.2 Å². The summed E-state index contributed by atoms with van der Waals surface area (Å²) in [5.41, 5.74) is 2.27. The lowest BCUT2D eigenvalue weighted by Crippen LogP contribution is -2.36. The molecule has 3 heterocycles. The van der Waals surface area contributed by atoms with Crippen LogP contribution in [0.1, 0.15) is 54.4 Å². The van der Waals surface area contributed by atoms with Crippen LogP contribution in [0.3, 0.4) is 0 Å². The first-order chi connectivity index (χ1) is 19.3. The standard InChI is InChI=1S/C30H27FN6O3/c1-15-11-17(6-8-21(15)31)19-12-22(19)34-28-24-29(36-23(35-28)9-7-18-5-3-4-10-32-18)37(14-33-24)25-20-13-30(20,16(2)38)27(40)26(25)39/h3-6,8,10-11,14,19-20,22,25-27,39-40H,12-13H2,1-2H3,(H,34,35,36)/t19?,20?,22?,25-,26+,27?,30-/m1/s1. The number of aromatic nitrogens is 5. The molecule has 3 aromatic heterocycles. The van der Waals surface area contributed by atoms with Crippen molar-refractivity contribution < 1.29 is 19.4 Å². The van der Waals surface area contributed by atoms with E-state index in [9.17, 15) is 19.4 Å². The zero-order valence-electron chi connectivity index (χ0n) is 21.9. The Bertz CT molecular complexity index is 1730. The number of carbonyl (C=O) groups is 1. The van der Waals surface area contributed by atoms with Gasteiger partial charge in [0, 0.05) is 18.2 Å². The fourth-order valence-corrected chi connectivity index (χ4v) is 6.42. The van der Waals surface area contributed by atoms with Crippen LogP contribution in [-0.4, -0.2) is 58.7 Å². The van der Waals surface area contributed by atoms with Gasteiger partial charge in [-0.25, -0.2) is 24.3 Å². The van der Waals surface area contributed by atoms with Gasteiger partial charge in [-0.3, -0.25) is 4.79 Å². The van der Waals surface area contributed by atoms with Crippen molar-refractivity contribution in [3.05, 3.63) is 77.4 Å². The molecule has 7 rings (SSSR count). The third kappa shape index (κ3) is 3.80. The fourth-order valence-electron chi connectivity index (χ4n) is 6.42. The van der Waals surface area contributed by atoms with Crippen LogP contribution in [0.25, 0.3) is 11.2 Å². The maximum atomic E-state index is 13.8. The molecular weight excluding hydrogens is 511 g/mol. The largest absolute Gasteiger partial charge is 0.389 e. The Labute approximate surface area is 229 Å². The van der Waals surface area contributed by atoms with Crippen LogP contribution in [0.4, 0.5) is 10.2 Å². The van der Waals surface area contributed by atoms with E-state index in [1.54, 1.807) is 30.1 Å². The Morgan fingerprint density at radius 3 is 2.75 bits per heavy atom. The molecule has 1 aromatic carbocycles. The first-order valence-electron chi connectivity index (χ1n) is 13.4. The second kappa shape index (κ2) is 8.91. The molecule has 202 valence electrons. The summed E-state index contributed by atoms with van der Waals surface area (Å²) in [7, 11) is 0. The van der Waals surface area contributed by atoms with Gasteiger partial charge in [0.2, 0.25) is 5.82 Å². The monoisotopic (exact) mass is 538 g/mol. The number of aryl methyl sites for hydroxylation is 1. The van der Waals surface area contributed by atoms with Crippen molar-refractivity contribution in [1.82, 2.24) is 24.5 Å². The highest BCUT2D eigenvalue weighted by Gasteiger charge is 2.74. The number of rotatable bonds is 5. The Morgan fingerprint density at radius 1 is 1.18 bits per heavy atom. The number of carbonyl (C=O) groups excluding carboxylic acids is 1. The average molecular weight is 539 g/mol. The minimum atomic E-state index is -1.15. The molecule has 0 aliphatic heterocycles.